The molecule has 1 N–H and O–H groups in total. The van der Waals surface area contributed by atoms with Gasteiger partial charge in [0.1, 0.15) is 30.3 Å². The third kappa shape index (κ3) is 5.09. The minimum atomic E-state index is -2.94. The van der Waals surface area contributed by atoms with Gasteiger partial charge in [-0.2, -0.15) is 0 Å². The van der Waals surface area contributed by atoms with Crippen LogP contribution in [0.1, 0.15) is 54.3 Å². The maximum Gasteiger partial charge on any atom is 0.316 e. The fourth-order valence-corrected chi connectivity index (χ4v) is 3.89. The SMILES string of the molecule is O=C(Nc1c(-c2ncccc2F)ccnc1[C@H]1CCC(F)(F)CO1)c1cnc(OC2CCC2)nc1. The normalized spacial score (nSPS) is 19.6. The summed E-state index contributed by atoms with van der Waals surface area (Å²) in [5, 5.41) is 2.73. The summed E-state index contributed by atoms with van der Waals surface area (Å²) in [7, 11) is 0. The smallest absolute Gasteiger partial charge is 0.316 e. The van der Waals surface area contributed by atoms with E-state index < -0.39 is 36.8 Å². The molecule has 1 saturated carbocycles. The van der Waals surface area contributed by atoms with Crippen molar-refractivity contribution in [3.63, 3.8) is 0 Å². The third-order valence-electron chi connectivity index (χ3n) is 6.02. The largest absolute Gasteiger partial charge is 0.460 e. The molecule has 5 rings (SSSR count). The van der Waals surface area contributed by atoms with Crippen LogP contribution in [0.3, 0.4) is 0 Å². The number of carbonyl (C=O) groups is 1. The van der Waals surface area contributed by atoms with E-state index in [0.29, 0.717) is 0 Å². The standard InChI is InChI=1S/C24H22F3N5O3/c25-17-5-2-9-28-19(17)16-7-10-29-21(18-6-8-24(26,27)13-34-18)20(16)32-22(33)14-11-30-23(31-12-14)35-15-3-1-4-15/h2,5,7,9-12,15,18H,1,3-4,6,8,13H2,(H,32,33)/t18-/m1/s1. The van der Waals surface area contributed by atoms with E-state index in [4.69, 9.17) is 9.47 Å². The molecule has 11 heteroatoms. The summed E-state index contributed by atoms with van der Waals surface area (Å²) in [4.78, 5) is 29.7. The number of aromatic nitrogens is 4. The predicted molar refractivity (Wildman–Crippen MR) is 119 cm³/mol. The number of hydrogen-bond donors (Lipinski definition) is 1. The van der Waals surface area contributed by atoms with Gasteiger partial charge in [-0.05, 0) is 43.9 Å². The molecule has 2 aliphatic rings. The highest BCUT2D eigenvalue weighted by molar-refractivity contribution is 6.06. The van der Waals surface area contributed by atoms with Crippen molar-refractivity contribution in [1.29, 1.82) is 0 Å². The second kappa shape index (κ2) is 9.57. The molecule has 35 heavy (non-hydrogen) atoms. The Balaban J connectivity index is 1.46. The van der Waals surface area contributed by atoms with Gasteiger partial charge in [0.05, 0.1) is 16.9 Å². The molecule has 0 aromatic carbocycles. The molecular weight excluding hydrogens is 463 g/mol. The first-order chi connectivity index (χ1) is 16.9. The van der Waals surface area contributed by atoms with Gasteiger partial charge in [0.15, 0.2) is 0 Å². The summed E-state index contributed by atoms with van der Waals surface area (Å²) in [6.45, 7) is -0.773. The van der Waals surface area contributed by atoms with E-state index in [-0.39, 0.29) is 46.7 Å². The van der Waals surface area contributed by atoms with Gasteiger partial charge in [-0.3, -0.25) is 14.8 Å². The number of anilines is 1. The van der Waals surface area contributed by atoms with Gasteiger partial charge in [0, 0.05) is 36.8 Å². The number of hydrogen-bond acceptors (Lipinski definition) is 7. The molecule has 1 amide bonds. The van der Waals surface area contributed by atoms with Crippen molar-refractivity contribution < 1.29 is 27.4 Å². The van der Waals surface area contributed by atoms with Crippen LogP contribution in [0, 0.1) is 5.82 Å². The number of pyridine rings is 2. The van der Waals surface area contributed by atoms with E-state index in [2.05, 4.69) is 25.3 Å². The number of nitrogens with one attached hydrogen (secondary N) is 1. The number of nitrogens with zero attached hydrogens (tertiary/aromatic N) is 4. The van der Waals surface area contributed by atoms with Crippen LogP contribution in [0.4, 0.5) is 18.9 Å². The third-order valence-corrected chi connectivity index (χ3v) is 6.02. The lowest BCUT2D eigenvalue weighted by Gasteiger charge is -2.30. The van der Waals surface area contributed by atoms with Gasteiger partial charge in [0.25, 0.3) is 11.8 Å². The molecule has 1 aliphatic carbocycles. The van der Waals surface area contributed by atoms with E-state index in [0.717, 1.165) is 19.3 Å². The first-order valence-corrected chi connectivity index (χ1v) is 11.3. The topological polar surface area (TPSA) is 99.1 Å². The summed E-state index contributed by atoms with van der Waals surface area (Å²) < 4.78 is 52.9. The van der Waals surface area contributed by atoms with Crippen molar-refractivity contribution in [2.75, 3.05) is 11.9 Å². The van der Waals surface area contributed by atoms with Gasteiger partial charge >= 0.3 is 6.01 Å². The molecular formula is C24H22F3N5O3. The Bertz CT molecular complexity index is 1210. The van der Waals surface area contributed by atoms with Crippen LogP contribution >= 0.6 is 0 Å². The summed E-state index contributed by atoms with van der Waals surface area (Å²) in [5.41, 5.74) is 0.688. The van der Waals surface area contributed by atoms with Crippen molar-refractivity contribution in [2.45, 2.75) is 50.2 Å². The van der Waals surface area contributed by atoms with E-state index >= 15 is 0 Å². The van der Waals surface area contributed by atoms with Gasteiger partial charge < -0.3 is 14.8 Å². The van der Waals surface area contributed by atoms with Gasteiger partial charge in [0.2, 0.25) is 0 Å². The zero-order valence-electron chi connectivity index (χ0n) is 18.6. The monoisotopic (exact) mass is 485 g/mol. The Kier molecular flexibility index (Phi) is 6.33. The number of ether oxygens (including phenoxy) is 2. The number of rotatable bonds is 6. The van der Waals surface area contributed by atoms with Crippen LogP contribution < -0.4 is 10.1 Å². The summed E-state index contributed by atoms with van der Waals surface area (Å²) in [6, 6.07) is 4.35. The molecule has 1 aliphatic heterocycles. The Labute approximate surface area is 198 Å². The van der Waals surface area contributed by atoms with E-state index in [9.17, 15) is 18.0 Å². The van der Waals surface area contributed by atoms with Crippen LogP contribution in [0.25, 0.3) is 11.3 Å². The molecule has 0 radical (unpaired) electrons. The van der Waals surface area contributed by atoms with Crippen LogP contribution in [-0.4, -0.2) is 44.5 Å². The van der Waals surface area contributed by atoms with Crippen molar-refractivity contribution in [1.82, 2.24) is 19.9 Å². The molecule has 0 unspecified atom stereocenters. The van der Waals surface area contributed by atoms with E-state index in [1.165, 1.54) is 43.0 Å². The number of amides is 1. The van der Waals surface area contributed by atoms with Crippen molar-refractivity contribution in [3.8, 4) is 17.3 Å². The van der Waals surface area contributed by atoms with Crippen molar-refractivity contribution >= 4 is 11.6 Å². The van der Waals surface area contributed by atoms with Crippen molar-refractivity contribution in [2.24, 2.45) is 0 Å². The fourth-order valence-electron chi connectivity index (χ4n) is 3.89. The summed E-state index contributed by atoms with van der Waals surface area (Å²) in [5.74, 6) is -4.14. The quantitative estimate of drug-likeness (QED) is 0.538. The number of alkyl halides is 2. The molecule has 4 heterocycles. The fraction of sp³-hybridized carbons (Fsp3) is 0.375. The minimum Gasteiger partial charge on any atom is -0.460 e. The maximum atomic E-state index is 14.6. The van der Waals surface area contributed by atoms with Crippen LogP contribution in [0.5, 0.6) is 6.01 Å². The lowest BCUT2D eigenvalue weighted by Crippen LogP contribution is -2.31. The van der Waals surface area contributed by atoms with Crippen molar-refractivity contribution in [3.05, 3.63) is 60.1 Å². The number of halogens is 3. The zero-order chi connectivity index (χ0) is 24.4. The summed E-state index contributed by atoms with van der Waals surface area (Å²) in [6.07, 6.45) is 7.30. The van der Waals surface area contributed by atoms with E-state index in [1.807, 2.05) is 0 Å². The summed E-state index contributed by atoms with van der Waals surface area (Å²) >= 11 is 0. The first kappa shape index (κ1) is 23.2. The second-order valence-corrected chi connectivity index (χ2v) is 8.53. The Morgan fingerprint density at radius 1 is 1.09 bits per heavy atom. The van der Waals surface area contributed by atoms with Crippen LogP contribution in [0.2, 0.25) is 0 Å². The lowest BCUT2D eigenvalue weighted by molar-refractivity contribution is -0.146. The highest BCUT2D eigenvalue weighted by Crippen LogP contribution is 2.40. The maximum absolute atomic E-state index is 14.6. The average Bonchev–Trinajstić information content (AvgIpc) is 2.82. The predicted octanol–water partition coefficient (Wildman–Crippen LogP) is 4.74. The average molecular weight is 485 g/mol. The van der Waals surface area contributed by atoms with Crippen LogP contribution in [-0.2, 0) is 4.74 Å². The zero-order valence-corrected chi connectivity index (χ0v) is 18.6. The van der Waals surface area contributed by atoms with Gasteiger partial charge in [-0.1, -0.05) is 0 Å². The Morgan fingerprint density at radius 2 is 1.89 bits per heavy atom. The molecule has 3 aromatic heterocycles. The first-order valence-electron chi connectivity index (χ1n) is 11.3. The molecule has 0 spiro atoms. The molecule has 1 atom stereocenters. The lowest BCUT2D eigenvalue weighted by atomic mass is 9.96. The van der Waals surface area contributed by atoms with Gasteiger partial charge in [-0.15, -0.1) is 0 Å². The molecule has 2 fully saturated rings. The molecule has 0 bridgehead atoms. The molecule has 1 saturated heterocycles. The second-order valence-electron chi connectivity index (χ2n) is 8.53. The highest BCUT2D eigenvalue weighted by Gasteiger charge is 2.38. The molecule has 8 nitrogen and oxygen atoms in total. The highest BCUT2D eigenvalue weighted by atomic mass is 19.3. The van der Waals surface area contributed by atoms with Crippen LogP contribution in [0.15, 0.2) is 43.0 Å². The Hall–Kier alpha value is -3.60. The molecule has 3 aromatic rings. The Morgan fingerprint density at radius 3 is 2.54 bits per heavy atom. The minimum absolute atomic E-state index is 0.0203. The number of carbonyl (C=O) groups excluding carboxylic acids is 1. The van der Waals surface area contributed by atoms with E-state index in [1.54, 1.807) is 0 Å². The molecule has 182 valence electrons. The van der Waals surface area contributed by atoms with Gasteiger partial charge in [-0.25, -0.2) is 23.1 Å².